The molecule has 0 amide bonds. The molecule has 3 rings (SSSR count). The largest absolute Gasteiger partial charge is 0.463 e. The number of anilines is 1. The summed E-state index contributed by atoms with van der Waals surface area (Å²) < 4.78 is 33.0. The first kappa shape index (κ1) is 30.3. The highest BCUT2D eigenvalue weighted by Crippen LogP contribution is 2.29. The van der Waals surface area contributed by atoms with Crippen molar-refractivity contribution in [1.29, 1.82) is 0 Å². The van der Waals surface area contributed by atoms with Gasteiger partial charge < -0.3 is 39.1 Å². The van der Waals surface area contributed by atoms with E-state index in [4.69, 9.17) is 40.6 Å². The van der Waals surface area contributed by atoms with Gasteiger partial charge in [0.2, 0.25) is 0 Å². The molecule has 0 bridgehead atoms. The molecule has 1 aliphatic heterocycles. The molecule has 2 aromatic rings. The molecule has 40 heavy (non-hydrogen) atoms. The van der Waals surface area contributed by atoms with Crippen LogP contribution >= 0.6 is 12.2 Å². The van der Waals surface area contributed by atoms with E-state index < -0.39 is 54.5 Å². The van der Waals surface area contributed by atoms with Gasteiger partial charge in [-0.3, -0.25) is 19.2 Å². The highest BCUT2D eigenvalue weighted by Gasteiger charge is 2.52. The molecule has 0 radical (unpaired) electrons. The summed E-state index contributed by atoms with van der Waals surface area (Å²) >= 11 is 5.44. The number of rotatable bonds is 9. The van der Waals surface area contributed by atoms with Gasteiger partial charge in [-0.1, -0.05) is 18.2 Å². The van der Waals surface area contributed by atoms with Crippen LogP contribution < -0.4 is 15.4 Å². The summed E-state index contributed by atoms with van der Waals surface area (Å²) in [6, 6.07) is 16.2. The molecular formula is C27H30N2O10S. The fraction of sp³-hybridized carbons (Fsp3) is 0.370. The second-order valence-electron chi connectivity index (χ2n) is 8.66. The zero-order valence-electron chi connectivity index (χ0n) is 22.3. The van der Waals surface area contributed by atoms with Crippen LogP contribution in [0, 0.1) is 0 Å². The molecule has 214 valence electrons. The van der Waals surface area contributed by atoms with Crippen LogP contribution in [0.25, 0.3) is 0 Å². The number of hydrogen-bond acceptors (Lipinski definition) is 11. The first-order valence-electron chi connectivity index (χ1n) is 12.2. The number of hydrogen-bond donors (Lipinski definition) is 2. The summed E-state index contributed by atoms with van der Waals surface area (Å²) in [5.74, 6) is -1.49. The van der Waals surface area contributed by atoms with Gasteiger partial charge in [-0.2, -0.15) is 0 Å². The molecule has 0 spiro atoms. The van der Waals surface area contributed by atoms with E-state index in [0.717, 1.165) is 20.8 Å². The number of nitrogens with one attached hydrogen (secondary N) is 2. The van der Waals surface area contributed by atoms with E-state index in [9.17, 15) is 19.2 Å². The second-order valence-corrected chi connectivity index (χ2v) is 9.07. The van der Waals surface area contributed by atoms with Gasteiger partial charge in [0, 0.05) is 33.4 Å². The Morgan fingerprint density at radius 2 is 1.30 bits per heavy atom. The van der Waals surface area contributed by atoms with E-state index in [-0.39, 0.29) is 11.7 Å². The van der Waals surface area contributed by atoms with E-state index >= 15 is 0 Å². The van der Waals surface area contributed by atoms with Gasteiger partial charge in [0.1, 0.15) is 24.2 Å². The number of ether oxygens (including phenoxy) is 6. The van der Waals surface area contributed by atoms with Crippen LogP contribution in [0.3, 0.4) is 0 Å². The number of thiocarbonyl (C=S) groups is 1. The van der Waals surface area contributed by atoms with Crippen molar-refractivity contribution in [2.75, 3.05) is 11.9 Å². The van der Waals surface area contributed by atoms with Crippen LogP contribution in [-0.4, -0.2) is 66.2 Å². The molecule has 2 aromatic carbocycles. The highest BCUT2D eigenvalue weighted by molar-refractivity contribution is 7.80. The molecule has 1 aliphatic rings. The number of carbonyl (C=O) groups is 4. The molecule has 13 heteroatoms. The second kappa shape index (κ2) is 14.2. The molecule has 1 heterocycles. The Labute approximate surface area is 236 Å². The number of esters is 4. The first-order valence-corrected chi connectivity index (χ1v) is 12.6. The third kappa shape index (κ3) is 9.20. The summed E-state index contributed by atoms with van der Waals surface area (Å²) in [5, 5.41) is 5.94. The van der Waals surface area contributed by atoms with Gasteiger partial charge in [-0.15, -0.1) is 0 Å². The molecular weight excluding hydrogens is 544 g/mol. The van der Waals surface area contributed by atoms with E-state index in [1.165, 1.54) is 6.92 Å². The van der Waals surface area contributed by atoms with Gasteiger partial charge in [0.05, 0.1) is 0 Å². The van der Waals surface area contributed by atoms with Crippen molar-refractivity contribution in [1.82, 2.24) is 5.32 Å². The Morgan fingerprint density at radius 3 is 1.88 bits per heavy atom. The summed E-state index contributed by atoms with van der Waals surface area (Å²) in [6.45, 7) is 4.29. The van der Waals surface area contributed by atoms with Crippen LogP contribution in [0.4, 0.5) is 5.69 Å². The molecule has 5 unspecified atom stereocenters. The molecule has 0 saturated carbocycles. The smallest absolute Gasteiger partial charge is 0.303 e. The van der Waals surface area contributed by atoms with Crippen molar-refractivity contribution in [3.63, 3.8) is 0 Å². The van der Waals surface area contributed by atoms with Crippen LogP contribution in [0.5, 0.6) is 11.5 Å². The Balaban J connectivity index is 1.79. The van der Waals surface area contributed by atoms with Gasteiger partial charge in [-0.25, -0.2) is 0 Å². The summed E-state index contributed by atoms with van der Waals surface area (Å²) in [6.07, 6.45) is -6.16. The zero-order valence-corrected chi connectivity index (χ0v) is 23.1. The normalized spacial score (nSPS) is 21.8. The Kier molecular flexibility index (Phi) is 10.8. The minimum absolute atomic E-state index is 0.0672. The SMILES string of the molecule is CC(=O)OCC1OC(NC(=S)Nc2ccc(Oc3ccccc3)cc2)C(OC(C)=O)C(OC(C)=O)C1OC(C)=O. The average molecular weight is 575 g/mol. The summed E-state index contributed by atoms with van der Waals surface area (Å²) in [4.78, 5) is 47.3. The van der Waals surface area contributed by atoms with Crippen molar-refractivity contribution >= 4 is 46.9 Å². The topological polar surface area (TPSA) is 148 Å². The monoisotopic (exact) mass is 574 g/mol. The van der Waals surface area contributed by atoms with Gasteiger partial charge in [-0.05, 0) is 48.6 Å². The molecule has 12 nitrogen and oxygen atoms in total. The van der Waals surface area contributed by atoms with Gasteiger partial charge in [0.25, 0.3) is 0 Å². The predicted molar refractivity (Wildman–Crippen MR) is 144 cm³/mol. The number of carbonyl (C=O) groups excluding carboxylic acids is 4. The molecule has 1 saturated heterocycles. The molecule has 1 fully saturated rings. The van der Waals surface area contributed by atoms with E-state index in [0.29, 0.717) is 17.2 Å². The minimum atomic E-state index is -1.31. The van der Waals surface area contributed by atoms with Crippen LogP contribution in [0.1, 0.15) is 27.7 Å². The highest BCUT2D eigenvalue weighted by atomic mass is 32.1. The maximum Gasteiger partial charge on any atom is 0.303 e. The van der Waals surface area contributed by atoms with Crippen LogP contribution in [0.15, 0.2) is 54.6 Å². The van der Waals surface area contributed by atoms with Crippen molar-refractivity contribution in [2.24, 2.45) is 0 Å². The summed E-state index contributed by atoms with van der Waals surface area (Å²) in [7, 11) is 0. The standard InChI is InChI=1S/C27H30N2O10S/c1-15(30)34-14-22-23(35-16(2)31)24(36-17(3)32)25(37-18(4)33)26(39-22)29-27(40)28-19-10-12-21(13-11-19)38-20-8-6-5-7-9-20/h5-13,22-26H,14H2,1-4H3,(H2,28,29,40). The fourth-order valence-electron chi connectivity index (χ4n) is 3.87. The number of para-hydroxylation sites is 1. The van der Waals surface area contributed by atoms with Crippen molar-refractivity contribution in [3.8, 4) is 11.5 Å². The van der Waals surface area contributed by atoms with E-state index in [1.54, 1.807) is 24.3 Å². The Hall–Kier alpha value is -4.23. The maximum absolute atomic E-state index is 12.0. The zero-order chi connectivity index (χ0) is 29.2. The molecule has 0 aromatic heterocycles. The van der Waals surface area contributed by atoms with E-state index in [1.807, 2.05) is 30.3 Å². The average Bonchev–Trinajstić information content (AvgIpc) is 2.87. The number of benzene rings is 2. The molecule has 5 atom stereocenters. The lowest BCUT2D eigenvalue weighted by Crippen LogP contribution is -2.66. The van der Waals surface area contributed by atoms with Gasteiger partial charge >= 0.3 is 23.9 Å². The fourth-order valence-corrected chi connectivity index (χ4v) is 4.11. The molecule has 2 N–H and O–H groups in total. The van der Waals surface area contributed by atoms with Gasteiger partial charge in [0.15, 0.2) is 29.7 Å². The van der Waals surface area contributed by atoms with E-state index in [2.05, 4.69) is 10.6 Å². The van der Waals surface area contributed by atoms with Crippen molar-refractivity contribution in [2.45, 2.75) is 58.3 Å². The minimum Gasteiger partial charge on any atom is -0.463 e. The maximum atomic E-state index is 12.0. The lowest BCUT2D eigenvalue weighted by molar-refractivity contribution is -0.254. The Bertz CT molecular complexity index is 1210. The van der Waals surface area contributed by atoms with Crippen LogP contribution in [-0.2, 0) is 42.9 Å². The third-order valence-corrected chi connectivity index (χ3v) is 5.58. The third-order valence-electron chi connectivity index (χ3n) is 5.36. The lowest BCUT2D eigenvalue weighted by atomic mass is 9.97. The predicted octanol–water partition coefficient (Wildman–Crippen LogP) is 2.85. The first-order chi connectivity index (χ1) is 19.0. The summed E-state index contributed by atoms with van der Waals surface area (Å²) in [5.41, 5.74) is 0.601. The van der Waals surface area contributed by atoms with Crippen LogP contribution in [0.2, 0.25) is 0 Å². The lowest BCUT2D eigenvalue weighted by Gasteiger charge is -2.44. The quantitative estimate of drug-likeness (QED) is 0.257. The Morgan fingerprint density at radius 1 is 0.750 bits per heavy atom. The molecule has 0 aliphatic carbocycles. The van der Waals surface area contributed by atoms with Crippen molar-refractivity contribution < 1.29 is 47.6 Å². The van der Waals surface area contributed by atoms with Crippen molar-refractivity contribution in [3.05, 3.63) is 54.6 Å².